The van der Waals surface area contributed by atoms with Crippen LogP contribution in [0.1, 0.15) is 51.5 Å². The fourth-order valence-electron chi connectivity index (χ4n) is 3.07. The van der Waals surface area contributed by atoms with Gasteiger partial charge in [0.1, 0.15) is 0 Å². The summed E-state index contributed by atoms with van der Waals surface area (Å²) in [4.78, 5) is 2.70. The monoisotopic (exact) mass is 379 g/mol. The number of nitrogens with zero attached hydrogens (tertiary/aromatic N) is 1. The summed E-state index contributed by atoms with van der Waals surface area (Å²) in [6.07, 6.45) is 8.28. The van der Waals surface area contributed by atoms with Crippen LogP contribution in [-0.2, 0) is 6.42 Å². The van der Waals surface area contributed by atoms with Crippen molar-refractivity contribution < 1.29 is 0 Å². The zero-order valence-electron chi connectivity index (χ0n) is 13.2. The first kappa shape index (κ1) is 16.2. The van der Waals surface area contributed by atoms with Crippen molar-refractivity contribution in [2.24, 2.45) is 0 Å². The molecule has 1 nitrogen and oxygen atoms in total. The Morgan fingerprint density at radius 3 is 2.70 bits per heavy atom. The number of para-hydroxylation sites is 1. The fourth-order valence-corrected chi connectivity index (χ4v) is 7.86. The van der Waals surface area contributed by atoms with E-state index in [-0.39, 0.29) is 21.1 Å². The van der Waals surface area contributed by atoms with Crippen LogP contribution in [0.5, 0.6) is 0 Å². The van der Waals surface area contributed by atoms with Crippen LogP contribution in [0.3, 0.4) is 0 Å². The number of rotatable bonds is 8. The minimum absolute atomic E-state index is 0.177. The first-order valence-electron chi connectivity index (χ1n) is 8.41. The number of hydrogen-bond donors (Lipinski definition) is 0. The van der Waals surface area contributed by atoms with E-state index in [2.05, 4.69) is 43.0 Å². The average molecular weight is 378 g/mol. The number of benzene rings is 1. The molecule has 1 aromatic rings. The van der Waals surface area contributed by atoms with Crippen LogP contribution in [-0.4, -0.2) is 34.2 Å². The standard InChI is InChI=1S/C14H20N.C4H9.Sn/c1-2-3-6-11-15-12-7-9-13-8-4-5-10-14(13)15;1-3-4-2;/h4-5,7-8,10H,2-3,6,9,11-12H2,1H3;1,3-4H2,2H3;. The Kier molecular flexibility index (Phi) is 7.26. The van der Waals surface area contributed by atoms with Crippen molar-refractivity contribution in [3.05, 3.63) is 29.8 Å². The summed E-state index contributed by atoms with van der Waals surface area (Å²) in [7, 11) is 0. The van der Waals surface area contributed by atoms with Gasteiger partial charge in [-0.3, -0.25) is 0 Å². The molecule has 1 unspecified atom stereocenters. The quantitative estimate of drug-likeness (QED) is 0.457. The summed E-state index contributed by atoms with van der Waals surface area (Å²) < 4.78 is 2.62. The van der Waals surface area contributed by atoms with Crippen molar-refractivity contribution in [2.75, 3.05) is 18.0 Å². The Labute approximate surface area is 135 Å². The molecule has 110 valence electrons. The van der Waals surface area contributed by atoms with E-state index in [1.165, 1.54) is 57.3 Å². The summed E-state index contributed by atoms with van der Waals surface area (Å²) in [5, 5.41) is 0. The molecule has 1 atom stereocenters. The van der Waals surface area contributed by atoms with Crippen LogP contribution in [0.4, 0.5) is 5.69 Å². The van der Waals surface area contributed by atoms with Crippen LogP contribution in [0.25, 0.3) is 0 Å². The third-order valence-corrected chi connectivity index (χ3v) is 8.82. The normalized spacial score (nSPS) is 18.1. The molecular formula is C18H29NSn. The van der Waals surface area contributed by atoms with Gasteiger partial charge in [-0.25, -0.2) is 0 Å². The number of fused-ring (bicyclic) bond motifs is 1. The van der Waals surface area contributed by atoms with E-state index in [4.69, 9.17) is 0 Å². The molecule has 0 N–H and O–H groups in total. The first-order chi connectivity index (χ1) is 9.85. The van der Waals surface area contributed by atoms with Gasteiger partial charge in [0.2, 0.25) is 0 Å². The van der Waals surface area contributed by atoms with Gasteiger partial charge in [0, 0.05) is 0 Å². The molecule has 0 aromatic heterocycles. The van der Waals surface area contributed by atoms with Gasteiger partial charge in [-0.15, -0.1) is 0 Å². The van der Waals surface area contributed by atoms with Crippen molar-refractivity contribution in [1.82, 2.24) is 0 Å². The summed E-state index contributed by atoms with van der Waals surface area (Å²) in [5.41, 5.74) is 3.16. The van der Waals surface area contributed by atoms with E-state index >= 15 is 0 Å². The molecule has 0 saturated carbocycles. The second-order valence-corrected chi connectivity index (χ2v) is 10.9. The van der Waals surface area contributed by atoms with Crippen molar-refractivity contribution in [2.45, 2.75) is 60.7 Å². The van der Waals surface area contributed by atoms with Crippen LogP contribution in [0.15, 0.2) is 24.3 Å². The van der Waals surface area contributed by atoms with Gasteiger partial charge in [0.25, 0.3) is 0 Å². The average Bonchev–Trinajstić information content (AvgIpc) is 2.48. The number of unbranched alkanes of at least 4 members (excludes halogenated alkanes) is 3. The summed E-state index contributed by atoms with van der Waals surface area (Å²) in [5.74, 6) is 0. The van der Waals surface area contributed by atoms with E-state index in [9.17, 15) is 0 Å². The molecule has 0 aliphatic carbocycles. The first-order valence-corrected chi connectivity index (χ1v) is 12.1. The van der Waals surface area contributed by atoms with Crippen LogP contribution < -0.4 is 4.90 Å². The second-order valence-electron chi connectivity index (χ2n) is 5.99. The fraction of sp³-hybridized carbons (Fsp3) is 0.667. The maximum atomic E-state index is 2.70. The van der Waals surface area contributed by atoms with E-state index in [0.29, 0.717) is 0 Å². The molecule has 1 aliphatic rings. The topological polar surface area (TPSA) is 3.24 Å². The molecule has 0 amide bonds. The molecular weight excluding hydrogens is 349 g/mol. The van der Waals surface area contributed by atoms with E-state index in [1.807, 2.05) is 0 Å². The number of anilines is 1. The minimum atomic E-state index is -0.177. The van der Waals surface area contributed by atoms with Crippen molar-refractivity contribution >= 4 is 26.8 Å². The Hall–Kier alpha value is -0.181. The Bertz CT molecular complexity index is 391. The van der Waals surface area contributed by atoms with Crippen LogP contribution in [0, 0.1) is 0 Å². The van der Waals surface area contributed by atoms with E-state index in [0.717, 1.165) is 3.93 Å². The molecule has 0 bridgehead atoms. The van der Waals surface area contributed by atoms with E-state index < -0.39 is 0 Å². The summed E-state index contributed by atoms with van der Waals surface area (Å²) >= 11 is -0.177. The van der Waals surface area contributed by atoms with Crippen LogP contribution >= 0.6 is 0 Å². The number of hydrogen-bond acceptors (Lipinski definition) is 1. The molecule has 2 heteroatoms. The Balaban J connectivity index is 1.98. The van der Waals surface area contributed by atoms with Gasteiger partial charge in [-0.2, -0.15) is 0 Å². The SMILES string of the molecule is CCCCCN1C[CH]([Sn][CH2]CCC)Cc2ccccc21. The van der Waals surface area contributed by atoms with Gasteiger partial charge in [0.15, 0.2) is 0 Å². The van der Waals surface area contributed by atoms with Crippen LogP contribution in [0.2, 0.25) is 8.37 Å². The zero-order valence-corrected chi connectivity index (χ0v) is 16.1. The van der Waals surface area contributed by atoms with Crippen molar-refractivity contribution in [3.8, 4) is 0 Å². The molecule has 2 rings (SSSR count). The molecule has 0 saturated heterocycles. The van der Waals surface area contributed by atoms with Crippen molar-refractivity contribution in [3.63, 3.8) is 0 Å². The maximum absolute atomic E-state index is 2.70. The third-order valence-electron chi connectivity index (χ3n) is 4.23. The summed E-state index contributed by atoms with van der Waals surface area (Å²) in [6, 6.07) is 9.15. The predicted octanol–water partition coefficient (Wildman–Crippen LogP) is 4.95. The summed E-state index contributed by atoms with van der Waals surface area (Å²) in [6.45, 7) is 7.25. The van der Waals surface area contributed by atoms with Gasteiger partial charge in [-0.05, 0) is 0 Å². The van der Waals surface area contributed by atoms with Gasteiger partial charge < -0.3 is 0 Å². The molecule has 0 spiro atoms. The van der Waals surface area contributed by atoms with Gasteiger partial charge in [0.05, 0.1) is 0 Å². The molecule has 1 aromatic carbocycles. The second kappa shape index (κ2) is 8.96. The van der Waals surface area contributed by atoms with E-state index in [1.54, 1.807) is 10.0 Å². The molecule has 1 aliphatic heterocycles. The van der Waals surface area contributed by atoms with Gasteiger partial charge in [-0.1, -0.05) is 0 Å². The predicted molar refractivity (Wildman–Crippen MR) is 91.1 cm³/mol. The Morgan fingerprint density at radius 1 is 1.10 bits per heavy atom. The molecule has 1 heterocycles. The zero-order chi connectivity index (χ0) is 14.2. The molecule has 2 radical (unpaired) electrons. The third kappa shape index (κ3) is 4.68. The van der Waals surface area contributed by atoms with Crippen molar-refractivity contribution in [1.29, 1.82) is 0 Å². The molecule has 20 heavy (non-hydrogen) atoms. The molecule has 0 fully saturated rings. The Morgan fingerprint density at radius 2 is 1.90 bits per heavy atom. The van der Waals surface area contributed by atoms with Gasteiger partial charge >= 0.3 is 135 Å².